The van der Waals surface area contributed by atoms with Gasteiger partial charge in [0.2, 0.25) is 5.95 Å². The van der Waals surface area contributed by atoms with Gasteiger partial charge in [0.15, 0.2) is 23.6 Å². The molecule has 2 unspecified atom stereocenters. The number of hydrazine groups is 1. The Balaban J connectivity index is 1.79. The maximum absolute atomic E-state index is 12.0. The molecule has 31 heavy (non-hydrogen) atoms. The van der Waals surface area contributed by atoms with Crippen molar-refractivity contribution in [2.24, 2.45) is 0 Å². The fraction of sp³-hybridized carbons (Fsp3) is 0.375. The van der Waals surface area contributed by atoms with E-state index in [0.29, 0.717) is 5.17 Å². The Kier molecular flexibility index (Phi) is 6.51. The van der Waals surface area contributed by atoms with Crippen LogP contribution in [0.15, 0.2) is 11.1 Å². The van der Waals surface area contributed by atoms with Crippen LogP contribution in [-0.2, 0) is 31.7 Å². The topological polar surface area (TPSA) is 294 Å². The molecule has 1 fully saturated rings. The minimum atomic E-state index is -5.75. The second-order valence-electron chi connectivity index (χ2n) is 5.65. The van der Waals surface area contributed by atoms with Crippen LogP contribution >= 0.6 is 23.5 Å². The molecule has 0 bridgehead atoms. The van der Waals surface area contributed by atoms with Crippen LogP contribution in [0.5, 0.6) is 0 Å². The lowest BCUT2D eigenvalue weighted by atomic mass is 10.3. The van der Waals surface area contributed by atoms with E-state index in [0.717, 1.165) is 10.9 Å². The summed E-state index contributed by atoms with van der Waals surface area (Å²) in [5.41, 5.74) is 6.10. The summed E-state index contributed by atoms with van der Waals surface area (Å²) in [7, 11) is -16.9. The molecule has 9 N–H and O–H groups in total. The first-order valence-corrected chi connectivity index (χ1v) is 12.1. The molecule has 1 saturated heterocycles. The van der Waals surface area contributed by atoms with Gasteiger partial charge in [-0.25, -0.2) is 18.7 Å². The largest absolute Gasteiger partial charge is 0.490 e. The van der Waals surface area contributed by atoms with Crippen LogP contribution in [0.25, 0.3) is 11.2 Å². The van der Waals surface area contributed by atoms with Crippen LogP contribution < -0.4 is 16.9 Å². The monoisotopic (exact) mass is 509 g/mol. The second-order valence-corrected chi connectivity index (χ2v) is 10.0. The maximum Gasteiger partial charge on any atom is 0.490 e. The zero-order valence-corrected chi connectivity index (χ0v) is 17.3. The third-order valence-corrected chi connectivity index (χ3v) is 7.27. The fourth-order valence-electron chi connectivity index (χ4n) is 2.45. The fourth-order valence-corrected chi connectivity index (χ4v) is 5.59. The van der Waals surface area contributed by atoms with Crippen LogP contribution in [0.1, 0.15) is 12.6 Å². The number of hydrogen-bond acceptors (Lipinski definition) is 14. The third-order valence-electron chi connectivity index (χ3n) is 3.43. The Labute approximate surface area is 169 Å². The maximum atomic E-state index is 12.0. The number of nitrogens with one attached hydrogen (secondary N) is 2. The minimum absolute atomic E-state index is 0.0527. The van der Waals surface area contributed by atoms with Crippen LogP contribution in [0.3, 0.4) is 0 Å². The predicted octanol–water partition coefficient (Wildman–Crippen LogP) is -1.60. The van der Waals surface area contributed by atoms with Crippen molar-refractivity contribution in [2.45, 2.75) is 18.9 Å². The molecule has 2 aromatic rings. The van der Waals surface area contributed by atoms with E-state index in [1.807, 2.05) is 0 Å². The highest BCUT2D eigenvalue weighted by Gasteiger charge is 2.46. The molecule has 0 spiro atoms. The van der Waals surface area contributed by atoms with Gasteiger partial charge in [0.25, 0.3) is 5.56 Å². The average Bonchev–Trinajstić information content (AvgIpc) is 3.14. The number of phosphoric ester groups is 1. The van der Waals surface area contributed by atoms with E-state index >= 15 is 0 Å². The van der Waals surface area contributed by atoms with Gasteiger partial charge >= 0.3 is 23.5 Å². The lowest BCUT2D eigenvalue weighted by Crippen LogP contribution is -2.39. The molecule has 3 rings (SSSR count). The van der Waals surface area contributed by atoms with E-state index in [1.54, 1.807) is 0 Å². The Bertz CT molecular complexity index is 1180. The highest BCUT2D eigenvalue weighted by Crippen LogP contribution is 2.66. The molecule has 4 atom stereocenters. The molecule has 0 amide bonds. The van der Waals surface area contributed by atoms with Gasteiger partial charge in [-0.15, -0.1) is 5.59 Å². The minimum Gasteiger partial charge on any atom is -0.369 e. The zero-order chi connectivity index (χ0) is 23.2. The van der Waals surface area contributed by atoms with Crippen molar-refractivity contribution in [3.8, 4) is 0 Å². The molecule has 2 aromatic heterocycles. The highest BCUT2D eigenvalue weighted by atomic mass is 31.3. The smallest absolute Gasteiger partial charge is 0.369 e. The Hall–Kier alpha value is -1.60. The van der Waals surface area contributed by atoms with Crippen LogP contribution in [0.4, 0.5) is 5.95 Å². The van der Waals surface area contributed by atoms with Gasteiger partial charge in [-0.05, 0) is 0 Å². The number of hydroxylamine groups is 1. The molecule has 0 saturated carbocycles. The van der Waals surface area contributed by atoms with Crippen molar-refractivity contribution < 1.29 is 56.5 Å². The van der Waals surface area contributed by atoms with E-state index in [4.69, 9.17) is 25.6 Å². The zero-order valence-electron chi connectivity index (χ0n) is 14.6. The van der Waals surface area contributed by atoms with Crippen molar-refractivity contribution in [2.75, 3.05) is 5.73 Å². The molecule has 0 aromatic carbocycles. The first kappa shape index (κ1) is 24.1. The van der Waals surface area contributed by atoms with Crippen molar-refractivity contribution in [3.05, 3.63) is 16.7 Å². The number of phosphoric acid groups is 3. The number of aromatic nitrogens is 4. The van der Waals surface area contributed by atoms with Crippen molar-refractivity contribution in [1.29, 1.82) is 0 Å². The van der Waals surface area contributed by atoms with Gasteiger partial charge in [0.05, 0.1) is 6.33 Å². The highest BCUT2D eigenvalue weighted by molar-refractivity contribution is 7.66. The first-order chi connectivity index (χ1) is 14.2. The lowest BCUT2D eigenvalue weighted by molar-refractivity contribution is -0.293. The number of aromatic amines is 1. The second kappa shape index (κ2) is 8.39. The molecular formula is C8H14N7O13P3. The summed E-state index contributed by atoms with van der Waals surface area (Å²) in [5, 5.41) is 9.53. The molecule has 3 heterocycles. The molecule has 0 aliphatic carbocycles. The number of nitrogens with two attached hydrogens (primary N) is 1. The summed E-state index contributed by atoms with van der Waals surface area (Å²) in [6.45, 7) is 0. The van der Waals surface area contributed by atoms with Gasteiger partial charge in [0.1, 0.15) is 0 Å². The van der Waals surface area contributed by atoms with Gasteiger partial charge in [-0.1, -0.05) is 5.17 Å². The van der Waals surface area contributed by atoms with Crippen LogP contribution in [0, 0.1) is 0 Å². The Morgan fingerprint density at radius 1 is 1.23 bits per heavy atom. The van der Waals surface area contributed by atoms with E-state index < -0.39 is 47.9 Å². The SMILES string of the molecule is Nc1nc2c(ncn2[C@H]2C[C@H](OP(=O)(O)OP(=O)(O)OP(=O)(O)O)N(NO)O2)c(=O)[nH]1. The van der Waals surface area contributed by atoms with Gasteiger partial charge in [0, 0.05) is 6.42 Å². The lowest BCUT2D eigenvalue weighted by Gasteiger charge is -2.22. The molecular weight excluding hydrogens is 495 g/mol. The number of anilines is 1. The summed E-state index contributed by atoms with van der Waals surface area (Å²) in [6.07, 6.45) is -2.16. The van der Waals surface area contributed by atoms with Gasteiger partial charge in [-0.3, -0.25) is 28.9 Å². The first-order valence-electron chi connectivity index (χ1n) is 7.60. The Morgan fingerprint density at radius 3 is 2.52 bits per heavy atom. The molecule has 0 radical (unpaired) electrons. The summed E-state index contributed by atoms with van der Waals surface area (Å²) >= 11 is 0. The summed E-state index contributed by atoms with van der Waals surface area (Å²) in [5.74, 6) is -0.251. The standard InChI is InChI=1S/C8H14N7O13P3/c9-8-11-6-5(7(16)12-8)10-2-14(6)3-1-4(15(13-17)25-3)26-30(21,22)28-31(23,24)27-29(18,19)20/h2-4,13,17H,1H2,(H,21,22)(H,23,24)(H2,18,19,20)(H3,9,11,12,16)/t3-,4+/m1/s1. The quantitative estimate of drug-likeness (QED) is 0.147. The summed E-state index contributed by atoms with van der Waals surface area (Å²) in [4.78, 5) is 62.9. The average molecular weight is 509 g/mol. The third kappa shape index (κ3) is 5.80. The predicted molar refractivity (Wildman–Crippen MR) is 92.8 cm³/mol. The molecule has 23 heteroatoms. The van der Waals surface area contributed by atoms with Crippen LogP contribution in [-0.4, -0.2) is 55.7 Å². The van der Waals surface area contributed by atoms with E-state index in [1.165, 1.54) is 5.59 Å². The number of H-pyrrole nitrogens is 1. The Morgan fingerprint density at radius 2 is 1.90 bits per heavy atom. The van der Waals surface area contributed by atoms with E-state index in [2.05, 4.69) is 28.1 Å². The number of nitrogen functional groups attached to an aromatic ring is 1. The van der Waals surface area contributed by atoms with Gasteiger partial charge in [-0.2, -0.15) is 13.6 Å². The number of nitrogens with zero attached hydrogens (tertiary/aromatic N) is 4. The van der Waals surface area contributed by atoms with E-state index in [-0.39, 0.29) is 17.1 Å². The van der Waals surface area contributed by atoms with Crippen molar-refractivity contribution >= 4 is 40.6 Å². The van der Waals surface area contributed by atoms with Crippen molar-refractivity contribution in [3.63, 3.8) is 0 Å². The molecule has 20 nitrogen and oxygen atoms in total. The number of hydrogen-bond donors (Lipinski definition) is 8. The molecule has 1 aliphatic rings. The summed E-state index contributed by atoms with van der Waals surface area (Å²) < 4.78 is 47.0. The van der Waals surface area contributed by atoms with Crippen molar-refractivity contribution in [1.82, 2.24) is 30.3 Å². The number of rotatable bonds is 8. The van der Waals surface area contributed by atoms with Crippen LogP contribution in [0.2, 0.25) is 0 Å². The molecule has 1 aliphatic heterocycles. The summed E-state index contributed by atoms with van der Waals surface area (Å²) in [6, 6.07) is 0. The normalized spacial score (nSPS) is 24.3. The van der Waals surface area contributed by atoms with Gasteiger partial charge < -0.3 is 25.3 Å². The number of fused-ring (bicyclic) bond motifs is 1. The van der Waals surface area contributed by atoms with E-state index in [9.17, 15) is 28.3 Å². The number of imidazole rings is 1. The molecule has 174 valence electrons.